The van der Waals surface area contributed by atoms with Crippen molar-refractivity contribution in [2.75, 3.05) is 0 Å². The molecule has 0 radical (unpaired) electrons. The van der Waals surface area contributed by atoms with E-state index in [4.69, 9.17) is 0 Å². The fraction of sp³-hybridized carbons (Fsp3) is 0.111. The van der Waals surface area contributed by atoms with E-state index >= 15 is 0 Å². The van der Waals surface area contributed by atoms with E-state index in [0.717, 1.165) is 10.2 Å². The summed E-state index contributed by atoms with van der Waals surface area (Å²) in [7, 11) is 0. The fourth-order valence-electron chi connectivity index (χ4n) is 1.17. The summed E-state index contributed by atoms with van der Waals surface area (Å²) >= 11 is 12.0. The summed E-state index contributed by atoms with van der Waals surface area (Å²) in [5.41, 5.74) is 0. The summed E-state index contributed by atoms with van der Waals surface area (Å²) in [6.45, 7) is 0. The Balaban J connectivity index is 2.70. The third-order valence-corrected chi connectivity index (χ3v) is 5.53. The van der Waals surface area contributed by atoms with Gasteiger partial charge in [0.15, 0.2) is 0 Å². The maximum absolute atomic E-state index is 4.40. The lowest BCUT2D eigenvalue weighted by molar-refractivity contribution is 1.47. The minimum Gasteiger partial charge on any atom is -0.142 e. The first kappa shape index (κ1) is 10.3. The molecule has 1 heterocycles. The van der Waals surface area contributed by atoms with Crippen LogP contribution < -0.4 is 0 Å². The summed E-state index contributed by atoms with van der Waals surface area (Å²) < 4.78 is 2.56. The molecule has 13 heavy (non-hydrogen) atoms. The lowest BCUT2D eigenvalue weighted by Crippen LogP contribution is -1.72. The van der Waals surface area contributed by atoms with Crippen LogP contribution in [0.2, 0.25) is 0 Å². The molecule has 0 atom stereocenters. The first-order valence-corrected chi connectivity index (χ1v) is 7.14. The van der Waals surface area contributed by atoms with Gasteiger partial charge < -0.3 is 0 Å². The molecule has 0 amide bonds. The Morgan fingerprint density at radius 2 is 2.15 bits per heavy atom. The molecule has 4 heteroatoms. The van der Waals surface area contributed by atoms with Crippen LogP contribution in [-0.4, -0.2) is 0 Å². The first-order chi connectivity index (χ1) is 6.20. The highest BCUT2D eigenvalue weighted by Crippen LogP contribution is 2.31. The van der Waals surface area contributed by atoms with Gasteiger partial charge in [-0.15, -0.1) is 24.0 Å². The standard InChI is InChI=1S/C9H6BrIS2/c10-4-6-1-5-2-8(12)7(11)3-9(5)13-6/h1-3,12H,4H2. The Morgan fingerprint density at radius 3 is 2.85 bits per heavy atom. The monoisotopic (exact) mass is 384 g/mol. The van der Waals surface area contributed by atoms with Crippen molar-refractivity contribution in [2.24, 2.45) is 0 Å². The molecule has 68 valence electrons. The van der Waals surface area contributed by atoms with Crippen molar-refractivity contribution >= 4 is 72.6 Å². The SMILES string of the molecule is Sc1cc2cc(CBr)sc2cc1I. The quantitative estimate of drug-likeness (QED) is 0.411. The van der Waals surface area contributed by atoms with Gasteiger partial charge in [0.2, 0.25) is 0 Å². The topological polar surface area (TPSA) is 0 Å². The maximum atomic E-state index is 4.40. The van der Waals surface area contributed by atoms with Gasteiger partial charge in [-0.1, -0.05) is 15.9 Å². The minimum atomic E-state index is 0.935. The number of halogens is 2. The van der Waals surface area contributed by atoms with Crippen LogP contribution in [0.25, 0.3) is 10.1 Å². The minimum absolute atomic E-state index is 0.935. The van der Waals surface area contributed by atoms with E-state index in [1.165, 1.54) is 18.5 Å². The predicted octanol–water partition coefficient (Wildman–Crippen LogP) is 4.69. The van der Waals surface area contributed by atoms with Crippen LogP contribution in [0, 0.1) is 3.57 Å². The molecule has 0 saturated carbocycles. The van der Waals surface area contributed by atoms with Gasteiger partial charge in [0.05, 0.1) is 0 Å². The van der Waals surface area contributed by atoms with E-state index in [2.05, 4.69) is 69.3 Å². The Bertz CT molecular complexity index is 411. The van der Waals surface area contributed by atoms with Crippen LogP contribution in [0.1, 0.15) is 4.88 Å². The van der Waals surface area contributed by atoms with Crippen LogP contribution in [-0.2, 0) is 5.33 Å². The first-order valence-electron chi connectivity index (χ1n) is 3.67. The molecule has 0 N–H and O–H groups in total. The number of fused-ring (bicyclic) bond motifs is 1. The Hall–Kier alpha value is 0.740. The normalized spacial score (nSPS) is 11.0. The van der Waals surface area contributed by atoms with Gasteiger partial charge in [-0.2, -0.15) is 0 Å². The zero-order valence-corrected chi connectivity index (χ0v) is 12.0. The summed E-state index contributed by atoms with van der Waals surface area (Å²) in [5, 5.41) is 2.23. The van der Waals surface area contributed by atoms with Crippen LogP contribution in [0.4, 0.5) is 0 Å². The molecule has 0 unspecified atom stereocenters. The number of benzene rings is 1. The zero-order chi connectivity index (χ0) is 9.42. The second-order valence-electron chi connectivity index (χ2n) is 2.69. The third-order valence-electron chi connectivity index (χ3n) is 1.77. The predicted molar refractivity (Wildman–Crippen MR) is 74.4 cm³/mol. The molecule has 0 aliphatic carbocycles. The second kappa shape index (κ2) is 4.08. The summed E-state index contributed by atoms with van der Waals surface area (Å²) in [6.07, 6.45) is 0. The lowest BCUT2D eigenvalue weighted by atomic mass is 10.2. The number of rotatable bonds is 1. The molecule has 0 saturated heterocycles. The lowest BCUT2D eigenvalue weighted by Gasteiger charge is -1.95. The molecule has 2 rings (SSSR count). The second-order valence-corrected chi connectivity index (χ2v) is 6.06. The van der Waals surface area contributed by atoms with E-state index in [1.54, 1.807) is 0 Å². The van der Waals surface area contributed by atoms with Crippen molar-refractivity contribution in [1.29, 1.82) is 0 Å². The molecule has 0 spiro atoms. The zero-order valence-electron chi connectivity index (χ0n) is 6.55. The average Bonchev–Trinajstić information content (AvgIpc) is 2.48. The highest BCUT2D eigenvalue weighted by Gasteiger charge is 2.03. The maximum Gasteiger partial charge on any atom is 0.0377 e. The number of hydrogen-bond donors (Lipinski definition) is 1. The van der Waals surface area contributed by atoms with Crippen molar-refractivity contribution in [3.8, 4) is 0 Å². The van der Waals surface area contributed by atoms with Crippen molar-refractivity contribution in [3.05, 3.63) is 26.6 Å². The van der Waals surface area contributed by atoms with Crippen molar-refractivity contribution in [1.82, 2.24) is 0 Å². The van der Waals surface area contributed by atoms with Gasteiger partial charge in [-0.3, -0.25) is 0 Å². The number of hydrogen-bond acceptors (Lipinski definition) is 2. The molecular formula is C9H6BrIS2. The Kier molecular flexibility index (Phi) is 3.22. The van der Waals surface area contributed by atoms with Gasteiger partial charge in [0, 0.05) is 23.4 Å². The Labute approximate surface area is 108 Å². The smallest absolute Gasteiger partial charge is 0.0377 e. The average molecular weight is 385 g/mol. The highest BCUT2D eigenvalue weighted by atomic mass is 127. The molecule has 0 fully saturated rings. The van der Waals surface area contributed by atoms with E-state index in [0.29, 0.717) is 0 Å². The summed E-state index contributed by atoms with van der Waals surface area (Å²) in [5.74, 6) is 0. The third kappa shape index (κ3) is 2.06. The largest absolute Gasteiger partial charge is 0.142 e. The van der Waals surface area contributed by atoms with E-state index < -0.39 is 0 Å². The van der Waals surface area contributed by atoms with E-state index in [-0.39, 0.29) is 0 Å². The molecule has 1 aromatic carbocycles. The van der Waals surface area contributed by atoms with E-state index in [9.17, 15) is 0 Å². The Morgan fingerprint density at radius 1 is 1.38 bits per heavy atom. The molecule has 0 aliphatic heterocycles. The van der Waals surface area contributed by atoms with Gasteiger partial charge in [0.25, 0.3) is 0 Å². The number of thiophene rings is 1. The van der Waals surface area contributed by atoms with Crippen LogP contribution in [0.3, 0.4) is 0 Å². The molecule has 2 aromatic rings. The van der Waals surface area contributed by atoms with Gasteiger partial charge in [0.1, 0.15) is 0 Å². The van der Waals surface area contributed by atoms with Crippen molar-refractivity contribution < 1.29 is 0 Å². The summed E-state index contributed by atoms with van der Waals surface area (Å²) in [6, 6.07) is 6.53. The fourth-order valence-corrected chi connectivity index (χ4v) is 3.49. The highest BCUT2D eigenvalue weighted by molar-refractivity contribution is 14.1. The van der Waals surface area contributed by atoms with Gasteiger partial charge >= 0.3 is 0 Å². The van der Waals surface area contributed by atoms with Gasteiger partial charge in [-0.05, 0) is 46.2 Å². The van der Waals surface area contributed by atoms with Crippen molar-refractivity contribution in [3.63, 3.8) is 0 Å². The summed E-state index contributed by atoms with van der Waals surface area (Å²) in [4.78, 5) is 2.43. The van der Waals surface area contributed by atoms with Crippen molar-refractivity contribution in [2.45, 2.75) is 10.2 Å². The molecular weight excluding hydrogens is 379 g/mol. The van der Waals surface area contributed by atoms with Crippen LogP contribution in [0.15, 0.2) is 23.1 Å². The molecule has 0 nitrogen and oxygen atoms in total. The van der Waals surface area contributed by atoms with Crippen LogP contribution in [0.5, 0.6) is 0 Å². The number of alkyl halides is 1. The van der Waals surface area contributed by atoms with Crippen LogP contribution >= 0.6 is 62.5 Å². The van der Waals surface area contributed by atoms with E-state index in [1.807, 2.05) is 11.3 Å². The van der Waals surface area contributed by atoms with Gasteiger partial charge in [-0.25, -0.2) is 0 Å². The molecule has 0 bridgehead atoms. The molecule has 1 aromatic heterocycles. The number of thiol groups is 1. The molecule has 0 aliphatic rings.